The molecule has 6 nitrogen and oxygen atoms in total. The standard InChI is InChI=1S/C56H27N3O3/c60-54-41-24-20-37-33-16-12-29-27-10-14-31-35-18-22-39-51-40(56(62)59-44-9-5-4-8-43(44)57-53(39)59)23-19-36(49(35)51)32-15-11-28(45(27)47(31)32)30-13-17-34(48(33)46(29)30)38-21-25-42(52(41)50(37)38)55(61)58(54)26-6-2-1-3-7-26/h1-25,54,60H. The van der Waals surface area contributed by atoms with Crippen molar-refractivity contribution < 1.29 is 9.90 Å². The molecule has 6 heteroatoms. The van der Waals surface area contributed by atoms with Crippen molar-refractivity contribution in [3.05, 3.63) is 173 Å². The molecule has 0 aliphatic carbocycles. The molecule has 15 aromatic rings. The summed E-state index contributed by atoms with van der Waals surface area (Å²) in [6.45, 7) is 0. The van der Waals surface area contributed by atoms with Gasteiger partial charge in [-0.15, -0.1) is 0 Å². The first kappa shape index (κ1) is 31.7. The third-order valence-corrected chi connectivity index (χ3v) is 14.7. The summed E-state index contributed by atoms with van der Waals surface area (Å²) in [5.41, 5.74) is 4.30. The second-order valence-electron chi connectivity index (χ2n) is 17.3. The van der Waals surface area contributed by atoms with Crippen LogP contribution in [0.2, 0.25) is 0 Å². The smallest absolute Gasteiger partial charge is 0.264 e. The van der Waals surface area contributed by atoms with Crippen molar-refractivity contribution in [1.29, 1.82) is 0 Å². The molecule has 0 spiro atoms. The third kappa shape index (κ3) is 3.38. The van der Waals surface area contributed by atoms with Crippen LogP contribution < -0.4 is 10.5 Å². The Bertz CT molecular complexity index is 4510. The number of carbonyl (C=O) groups is 1. The van der Waals surface area contributed by atoms with Crippen molar-refractivity contribution >= 4 is 147 Å². The number of hydrogen-bond donors (Lipinski definition) is 1. The molecular formula is C56H27N3O3. The van der Waals surface area contributed by atoms with E-state index in [0.717, 1.165) is 75.8 Å². The summed E-state index contributed by atoms with van der Waals surface area (Å²) in [5.74, 6) is -0.204. The Hall–Kier alpha value is -8.19. The van der Waals surface area contributed by atoms with Crippen molar-refractivity contribution in [1.82, 2.24) is 9.38 Å². The summed E-state index contributed by atoms with van der Waals surface area (Å²) >= 11 is 0. The molecule has 0 fully saturated rings. The lowest BCUT2D eigenvalue weighted by molar-refractivity contribution is 0.0879. The second-order valence-corrected chi connectivity index (χ2v) is 17.3. The minimum Gasteiger partial charge on any atom is -0.369 e. The molecule has 3 heterocycles. The van der Waals surface area contributed by atoms with E-state index in [1.54, 1.807) is 4.40 Å². The van der Waals surface area contributed by atoms with Gasteiger partial charge in [-0.05, 0) is 139 Å². The number of nitrogens with zero attached hydrogens (tertiary/aromatic N) is 3. The van der Waals surface area contributed by atoms with Crippen LogP contribution in [0.15, 0.2) is 156 Å². The van der Waals surface area contributed by atoms with Crippen LogP contribution in [0.3, 0.4) is 0 Å². The van der Waals surface area contributed by atoms with E-state index in [1.807, 2.05) is 72.8 Å². The van der Waals surface area contributed by atoms with Gasteiger partial charge in [-0.2, -0.15) is 0 Å². The van der Waals surface area contributed by atoms with E-state index < -0.39 is 6.23 Å². The van der Waals surface area contributed by atoms with E-state index in [0.29, 0.717) is 22.3 Å². The molecule has 1 aliphatic rings. The molecule has 13 aromatic carbocycles. The fraction of sp³-hybridized carbons (Fsp3) is 0.0179. The lowest BCUT2D eigenvalue weighted by Crippen LogP contribution is -2.38. The minimum atomic E-state index is -1.11. The molecule has 284 valence electrons. The zero-order chi connectivity index (χ0) is 40.4. The molecule has 1 amide bonds. The predicted octanol–water partition coefficient (Wildman–Crippen LogP) is 12.9. The van der Waals surface area contributed by atoms with Gasteiger partial charge in [0, 0.05) is 38.4 Å². The quantitative estimate of drug-likeness (QED) is 0.133. The zero-order valence-corrected chi connectivity index (χ0v) is 32.6. The fourth-order valence-electron chi connectivity index (χ4n) is 12.2. The molecule has 0 radical (unpaired) electrons. The normalized spacial score (nSPS) is 15.1. The number of carbonyl (C=O) groups excluding carboxylic acids is 1. The van der Waals surface area contributed by atoms with Crippen LogP contribution in [0.1, 0.15) is 22.1 Å². The maximum atomic E-state index is 14.3. The number of aromatic nitrogens is 2. The second kappa shape index (κ2) is 10.4. The van der Waals surface area contributed by atoms with Gasteiger partial charge in [0.2, 0.25) is 0 Å². The van der Waals surface area contributed by atoms with E-state index in [1.165, 1.54) is 58.8 Å². The maximum absolute atomic E-state index is 14.3. The van der Waals surface area contributed by atoms with Crippen LogP contribution in [-0.4, -0.2) is 20.4 Å². The van der Waals surface area contributed by atoms with Gasteiger partial charge in [-0.25, -0.2) is 4.98 Å². The molecule has 1 unspecified atom stereocenters. The van der Waals surface area contributed by atoms with Crippen LogP contribution in [-0.2, 0) is 0 Å². The molecule has 0 saturated heterocycles. The highest BCUT2D eigenvalue weighted by Gasteiger charge is 2.35. The average Bonchev–Trinajstić information content (AvgIpc) is 3.71. The summed E-state index contributed by atoms with van der Waals surface area (Å²) in [6, 6.07) is 52.3. The molecular weight excluding hydrogens is 763 g/mol. The highest BCUT2D eigenvalue weighted by atomic mass is 16.3. The molecule has 16 rings (SSSR count). The number of hydrogen-bond acceptors (Lipinski definition) is 4. The van der Waals surface area contributed by atoms with Gasteiger partial charge in [0.15, 0.2) is 6.23 Å². The van der Waals surface area contributed by atoms with Gasteiger partial charge in [0.1, 0.15) is 5.65 Å². The van der Waals surface area contributed by atoms with Gasteiger partial charge in [-0.3, -0.25) is 18.9 Å². The van der Waals surface area contributed by atoms with E-state index in [4.69, 9.17) is 4.98 Å². The number of para-hydroxylation sites is 3. The number of anilines is 1. The zero-order valence-electron chi connectivity index (χ0n) is 32.6. The topological polar surface area (TPSA) is 74.9 Å². The number of aliphatic hydroxyl groups is 1. The molecule has 1 N–H and O–H groups in total. The average molecular weight is 790 g/mol. The fourth-order valence-corrected chi connectivity index (χ4v) is 12.2. The molecule has 0 bridgehead atoms. The van der Waals surface area contributed by atoms with E-state index in [-0.39, 0.29) is 11.5 Å². The molecule has 1 aliphatic heterocycles. The summed E-state index contributed by atoms with van der Waals surface area (Å²) in [5, 5.41) is 36.2. The van der Waals surface area contributed by atoms with Crippen molar-refractivity contribution in [2.24, 2.45) is 0 Å². The first-order valence-electron chi connectivity index (χ1n) is 21.1. The monoisotopic (exact) mass is 789 g/mol. The lowest BCUT2D eigenvalue weighted by atomic mass is 9.80. The number of amides is 1. The predicted molar refractivity (Wildman–Crippen MR) is 254 cm³/mol. The maximum Gasteiger partial charge on any atom is 0.264 e. The van der Waals surface area contributed by atoms with Crippen molar-refractivity contribution in [2.45, 2.75) is 6.23 Å². The van der Waals surface area contributed by atoms with Crippen LogP contribution in [0.4, 0.5) is 5.69 Å². The van der Waals surface area contributed by atoms with E-state index >= 15 is 0 Å². The van der Waals surface area contributed by atoms with Crippen LogP contribution in [0.25, 0.3) is 135 Å². The van der Waals surface area contributed by atoms with E-state index in [9.17, 15) is 14.7 Å². The number of pyridine rings is 1. The summed E-state index contributed by atoms with van der Waals surface area (Å²) < 4.78 is 1.78. The van der Waals surface area contributed by atoms with Crippen molar-refractivity contribution in [2.75, 3.05) is 4.90 Å². The number of benzene rings is 13. The minimum absolute atomic E-state index is 0.0405. The lowest BCUT2D eigenvalue weighted by Gasteiger charge is -2.34. The third-order valence-electron chi connectivity index (χ3n) is 14.7. The number of rotatable bonds is 1. The first-order valence-corrected chi connectivity index (χ1v) is 21.1. The largest absolute Gasteiger partial charge is 0.369 e. The highest BCUT2D eigenvalue weighted by Crippen LogP contribution is 2.52. The Morgan fingerprint density at radius 2 is 0.806 bits per heavy atom. The van der Waals surface area contributed by atoms with Crippen LogP contribution in [0, 0.1) is 0 Å². The Morgan fingerprint density at radius 3 is 1.34 bits per heavy atom. The van der Waals surface area contributed by atoms with Crippen molar-refractivity contribution in [3.8, 4) is 0 Å². The number of imidazole rings is 1. The van der Waals surface area contributed by atoms with Gasteiger partial charge in [0.25, 0.3) is 11.5 Å². The van der Waals surface area contributed by atoms with Crippen LogP contribution in [0.5, 0.6) is 0 Å². The first-order chi connectivity index (χ1) is 30.5. The Morgan fingerprint density at radius 1 is 0.403 bits per heavy atom. The Labute approximate surface area is 349 Å². The van der Waals surface area contributed by atoms with Gasteiger partial charge >= 0.3 is 0 Å². The molecule has 2 aromatic heterocycles. The Balaban J connectivity index is 0.999. The summed E-state index contributed by atoms with van der Waals surface area (Å²) in [6.07, 6.45) is -1.11. The number of fused-ring (bicyclic) bond motifs is 10. The Kier molecular flexibility index (Phi) is 5.31. The summed E-state index contributed by atoms with van der Waals surface area (Å²) in [4.78, 5) is 35.0. The van der Waals surface area contributed by atoms with Crippen molar-refractivity contribution in [3.63, 3.8) is 0 Å². The SMILES string of the molecule is O=C1c2ccc3c4ccc5c6ccc7c8ccc9c(=O)n%10c%11ccccc%11nc%10c%10ccc(c%11ccc(c%12ccc(c%13ccc(c2c3%13)C(O)N1c1ccccc1)c4c5%12)c6c7%11)c8c9%10. The number of aliphatic hydroxyl groups excluding tert-OH is 1. The molecule has 62 heavy (non-hydrogen) atoms. The van der Waals surface area contributed by atoms with Gasteiger partial charge in [0.05, 0.1) is 11.0 Å². The van der Waals surface area contributed by atoms with Gasteiger partial charge in [-0.1, -0.05) is 109 Å². The summed E-state index contributed by atoms with van der Waals surface area (Å²) in [7, 11) is 0. The highest BCUT2D eigenvalue weighted by molar-refractivity contribution is 6.47. The molecule has 0 saturated carbocycles. The van der Waals surface area contributed by atoms with Crippen LogP contribution >= 0.6 is 0 Å². The molecule has 1 atom stereocenters. The van der Waals surface area contributed by atoms with Gasteiger partial charge < -0.3 is 5.11 Å². The van der Waals surface area contributed by atoms with E-state index in [2.05, 4.69) is 78.9 Å².